The Morgan fingerprint density at radius 3 is 2.50 bits per heavy atom. The van der Waals surface area contributed by atoms with E-state index in [9.17, 15) is 23.1 Å². The summed E-state index contributed by atoms with van der Waals surface area (Å²) in [6.45, 7) is 6.10. The van der Waals surface area contributed by atoms with Crippen molar-refractivity contribution in [1.82, 2.24) is 14.1 Å². The molecule has 12 heteroatoms. The second kappa shape index (κ2) is 8.40. The average Bonchev–Trinajstić information content (AvgIpc) is 3.11. The molecule has 0 spiro atoms. The maximum absolute atomic E-state index is 12.9. The average molecular weight is 440 g/mol. The van der Waals surface area contributed by atoms with Gasteiger partial charge in [0.2, 0.25) is 15.8 Å². The summed E-state index contributed by atoms with van der Waals surface area (Å²) in [6, 6.07) is 0. The Balaban J connectivity index is 2.03. The number of morpholine rings is 1. The highest BCUT2D eigenvalue weighted by Crippen LogP contribution is 2.32. The minimum absolute atomic E-state index is 0.0113. The van der Waals surface area contributed by atoms with Crippen LogP contribution in [0.4, 0.5) is 0 Å². The highest BCUT2D eigenvalue weighted by Gasteiger charge is 2.37. The van der Waals surface area contributed by atoms with Crippen molar-refractivity contribution < 1.29 is 32.6 Å². The fourth-order valence-corrected chi connectivity index (χ4v) is 4.91. The number of carbonyl (C=O) groups is 2. The van der Waals surface area contributed by atoms with Gasteiger partial charge in [-0.3, -0.25) is 14.0 Å². The first-order valence-corrected chi connectivity index (χ1v) is 10.8. The van der Waals surface area contributed by atoms with Gasteiger partial charge in [0.05, 0.1) is 43.2 Å². The summed E-state index contributed by atoms with van der Waals surface area (Å²) in [5.41, 5.74) is 5.54. The van der Waals surface area contributed by atoms with Crippen molar-refractivity contribution in [2.24, 2.45) is 5.73 Å². The lowest BCUT2D eigenvalue weighted by molar-refractivity contribution is -0.137. The summed E-state index contributed by atoms with van der Waals surface area (Å²) >= 11 is 0. The molecule has 0 aromatic rings. The zero-order valence-electron chi connectivity index (χ0n) is 16.5. The third kappa shape index (κ3) is 4.00. The number of methoxy groups -OCH3 is 1. The van der Waals surface area contributed by atoms with Crippen LogP contribution in [0, 0.1) is 0 Å². The van der Waals surface area contributed by atoms with Crippen molar-refractivity contribution in [2.75, 3.05) is 45.7 Å². The predicted octanol–water partition coefficient (Wildman–Crippen LogP) is -0.663. The Kier molecular flexibility index (Phi) is 6.08. The molecule has 3 aliphatic rings. The maximum atomic E-state index is 12.9. The molecule has 3 rings (SSSR count). The second-order valence-corrected chi connectivity index (χ2v) is 8.81. The van der Waals surface area contributed by atoms with Gasteiger partial charge < -0.3 is 25.2 Å². The largest absolute Gasteiger partial charge is 0.501 e. The zero-order chi connectivity index (χ0) is 22.1. The zero-order valence-corrected chi connectivity index (χ0v) is 17.4. The summed E-state index contributed by atoms with van der Waals surface area (Å²) in [4.78, 5) is 27.4. The van der Waals surface area contributed by atoms with E-state index in [1.807, 2.05) is 4.90 Å². The molecule has 3 heterocycles. The van der Waals surface area contributed by atoms with Gasteiger partial charge in [0.25, 0.3) is 5.91 Å². The molecule has 1 amide bonds. The molecule has 0 radical (unpaired) electrons. The van der Waals surface area contributed by atoms with Gasteiger partial charge in [0.1, 0.15) is 0 Å². The Morgan fingerprint density at radius 2 is 1.93 bits per heavy atom. The first kappa shape index (κ1) is 21.7. The number of hydrogen-bond acceptors (Lipinski definition) is 9. The molecule has 11 nitrogen and oxygen atoms in total. The van der Waals surface area contributed by atoms with Crippen LogP contribution < -0.4 is 5.73 Å². The van der Waals surface area contributed by atoms with E-state index in [1.165, 1.54) is 10.5 Å². The molecule has 0 aliphatic carbocycles. The number of carbonyl (C=O) groups excluding carboxylic acids is 2. The Labute approximate surface area is 174 Å². The molecule has 3 aliphatic heterocycles. The molecular formula is C18H24N4O7S. The number of nitrogens with zero attached hydrogens (tertiary/aromatic N) is 3. The third-order valence-electron chi connectivity index (χ3n) is 4.96. The molecule has 0 saturated carbocycles. The number of amides is 1. The molecular weight excluding hydrogens is 416 g/mol. The number of aliphatic hydroxyl groups is 1. The van der Waals surface area contributed by atoms with Gasteiger partial charge in [-0.15, -0.1) is 0 Å². The lowest BCUT2D eigenvalue weighted by Crippen LogP contribution is -2.41. The number of esters is 1. The van der Waals surface area contributed by atoms with Crippen LogP contribution in [0.5, 0.6) is 0 Å². The molecule has 2 fully saturated rings. The predicted molar refractivity (Wildman–Crippen MR) is 106 cm³/mol. The Hall–Kier alpha value is -2.99. The maximum Gasteiger partial charge on any atom is 0.358 e. The van der Waals surface area contributed by atoms with Gasteiger partial charge in [-0.25, -0.2) is 13.2 Å². The van der Waals surface area contributed by atoms with Crippen LogP contribution >= 0.6 is 0 Å². The van der Waals surface area contributed by atoms with Crippen LogP contribution in [0.25, 0.3) is 0 Å². The number of nitrogens with two attached hydrogens (primary N) is 1. The number of sulfonamides is 1. The van der Waals surface area contributed by atoms with E-state index in [0.29, 0.717) is 38.4 Å². The number of ether oxygens (including phenoxy) is 2. The number of rotatable bonds is 4. The van der Waals surface area contributed by atoms with Crippen LogP contribution in [0.3, 0.4) is 0 Å². The molecule has 3 N–H and O–H groups in total. The topological polar surface area (TPSA) is 143 Å². The van der Waals surface area contributed by atoms with E-state index in [1.54, 1.807) is 6.08 Å². The van der Waals surface area contributed by atoms with Crippen LogP contribution in [0.1, 0.15) is 6.42 Å². The summed E-state index contributed by atoms with van der Waals surface area (Å²) < 4.78 is 35.9. The normalized spacial score (nSPS) is 22.3. The van der Waals surface area contributed by atoms with Crippen molar-refractivity contribution in [2.45, 2.75) is 6.42 Å². The smallest absolute Gasteiger partial charge is 0.358 e. The van der Waals surface area contributed by atoms with E-state index < -0.39 is 33.4 Å². The van der Waals surface area contributed by atoms with E-state index >= 15 is 0 Å². The van der Waals surface area contributed by atoms with Gasteiger partial charge in [-0.05, 0) is 12.5 Å². The first-order valence-electron chi connectivity index (χ1n) is 9.24. The highest BCUT2D eigenvalue weighted by atomic mass is 32.2. The lowest BCUT2D eigenvalue weighted by atomic mass is 10.1. The molecule has 164 valence electrons. The quantitative estimate of drug-likeness (QED) is 0.331. The molecule has 0 aromatic carbocycles. The van der Waals surface area contributed by atoms with Gasteiger partial charge in [0.15, 0.2) is 5.70 Å². The lowest BCUT2D eigenvalue weighted by Gasteiger charge is -2.36. The van der Waals surface area contributed by atoms with E-state index in [4.69, 9.17) is 10.5 Å². The fourth-order valence-electron chi connectivity index (χ4n) is 3.33. The summed E-state index contributed by atoms with van der Waals surface area (Å²) in [5, 5.41) is 10.2. The molecule has 0 unspecified atom stereocenters. The summed E-state index contributed by atoms with van der Waals surface area (Å²) in [6.07, 6.45) is 3.51. The van der Waals surface area contributed by atoms with Crippen molar-refractivity contribution in [3.8, 4) is 0 Å². The third-order valence-corrected chi connectivity index (χ3v) is 6.81. The van der Waals surface area contributed by atoms with Crippen molar-refractivity contribution in [3.05, 3.63) is 47.4 Å². The SMILES string of the molecule is C=C1C(N2CCCS2(=O)=O)=CC(N2CCOCC2)=CN1C(=O)/C(O)=C(\N)C(=O)OC. The Bertz CT molecular complexity index is 961. The first-order chi connectivity index (χ1) is 14.2. The van der Waals surface area contributed by atoms with E-state index in [-0.39, 0.29) is 23.7 Å². The minimum Gasteiger partial charge on any atom is -0.501 e. The van der Waals surface area contributed by atoms with Crippen LogP contribution in [-0.2, 0) is 29.1 Å². The van der Waals surface area contributed by atoms with Gasteiger partial charge >= 0.3 is 5.97 Å². The van der Waals surface area contributed by atoms with Gasteiger partial charge in [0, 0.05) is 25.8 Å². The summed E-state index contributed by atoms with van der Waals surface area (Å²) in [5.74, 6) is -3.14. The monoisotopic (exact) mass is 440 g/mol. The van der Waals surface area contributed by atoms with Crippen LogP contribution in [0.2, 0.25) is 0 Å². The molecule has 0 aromatic heterocycles. The number of aliphatic hydroxyl groups excluding tert-OH is 1. The van der Waals surface area contributed by atoms with Crippen molar-refractivity contribution in [3.63, 3.8) is 0 Å². The highest BCUT2D eigenvalue weighted by molar-refractivity contribution is 7.89. The van der Waals surface area contributed by atoms with Gasteiger partial charge in [-0.2, -0.15) is 0 Å². The molecule has 0 bridgehead atoms. The van der Waals surface area contributed by atoms with E-state index in [2.05, 4.69) is 11.3 Å². The van der Waals surface area contributed by atoms with E-state index in [0.717, 1.165) is 12.0 Å². The fraction of sp³-hybridized carbons (Fsp3) is 0.444. The molecule has 30 heavy (non-hydrogen) atoms. The van der Waals surface area contributed by atoms with Crippen LogP contribution in [0.15, 0.2) is 47.4 Å². The standard InChI is InChI=1S/C18H24N4O7S/c1-12-14(22-4-3-9-30(22,26)27)10-13(20-5-7-29-8-6-20)11-21(12)17(24)16(23)15(19)18(25)28-2/h10-11,23H,1,3-9,19H2,2H3/b16-15+. The summed E-state index contributed by atoms with van der Waals surface area (Å²) in [7, 11) is -2.50. The number of hydrogen-bond donors (Lipinski definition) is 2. The van der Waals surface area contributed by atoms with Gasteiger partial charge in [-0.1, -0.05) is 6.58 Å². The van der Waals surface area contributed by atoms with Crippen molar-refractivity contribution >= 4 is 21.9 Å². The van der Waals surface area contributed by atoms with Crippen LogP contribution in [-0.4, -0.2) is 85.2 Å². The minimum atomic E-state index is -3.55. The molecule has 0 atom stereocenters. The second-order valence-electron chi connectivity index (χ2n) is 6.80. The Morgan fingerprint density at radius 1 is 1.27 bits per heavy atom. The molecule has 2 saturated heterocycles. The number of allylic oxidation sites excluding steroid dienone is 1. The van der Waals surface area contributed by atoms with Crippen molar-refractivity contribution in [1.29, 1.82) is 0 Å².